The predicted octanol–water partition coefficient (Wildman–Crippen LogP) is 1.47. The molecule has 0 aliphatic rings. The minimum atomic E-state index is -4.29. The van der Waals surface area contributed by atoms with E-state index in [1.54, 1.807) is 6.92 Å². The average molecular weight is 379 g/mol. The third-order valence-corrected chi connectivity index (χ3v) is 4.91. The molecule has 0 saturated carbocycles. The van der Waals surface area contributed by atoms with Gasteiger partial charge in [-0.05, 0) is 43.7 Å². The summed E-state index contributed by atoms with van der Waals surface area (Å²) < 4.78 is 38.9. The fraction of sp³-hybridized carbons (Fsp3) is 0.684. The van der Waals surface area contributed by atoms with Gasteiger partial charge in [0.15, 0.2) is 0 Å². The van der Waals surface area contributed by atoms with Crippen LogP contribution >= 0.6 is 0 Å². The van der Waals surface area contributed by atoms with Crippen LogP contribution in [0.3, 0.4) is 0 Å². The second-order valence-corrected chi connectivity index (χ2v) is 7.92. The van der Waals surface area contributed by atoms with Crippen LogP contribution in [0.15, 0.2) is 18.2 Å². The molecule has 0 heterocycles. The summed E-state index contributed by atoms with van der Waals surface area (Å²) in [6.07, 6.45) is 7.98. The maximum Gasteiger partial charge on any atom is 1.00 e. The Labute approximate surface area is 175 Å². The van der Waals surface area contributed by atoms with Crippen LogP contribution in [0.2, 0.25) is 0 Å². The molecule has 25 heavy (non-hydrogen) atoms. The fourth-order valence-electron chi connectivity index (χ4n) is 2.84. The van der Waals surface area contributed by atoms with E-state index in [0.29, 0.717) is 0 Å². The van der Waals surface area contributed by atoms with Crippen molar-refractivity contribution in [1.82, 2.24) is 0 Å². The van der Waals surface area contributed by atoms with Crippen molar-refractivity contribution in [1.29, 1.82) is 0 Å². The molecule has 0 aliphatic carbocycles. The van der Waals surface area contributed by atoms with E-state index in [1.807, 2.05) is 18.2 Å². The van der Waals surface area contributed by atoms with Crippen LogP contribution in [0.4, 0.5) is 0 Å². The molecule has 0 spiro atoms. The Bertz CT molecular complexity index is 559. The molecule has 4 nitrogen and oxygen atoms in total. The summed E-state index contributed by atoms with van der Waals surface area (Å²) in [6, 6.07) is 6.14. The van der Waals surface area contributed by atoms with Gasteiger partial charge in [0.1, 0.15) is 11.9 Å². The van der Waals surface area contributed by atoms with Crippen molar-refractivity contribution in [3.05, 3.63) is 29.3 Å². The summed E-state index contributed by atoms with van der Waals surface area (Å²) in [5.41, 5.74) is 2.24. The van der Waals surface area contributed by atoms with E-state index in [4.69, 9.17) is 4.74 Å². The van der Waals surface area contributed by atoms with Crippen molar-refractivity contribution >= 4 is 10.1 Å². The molecule has 0 fully saturated rings. The molecule has 0 N–H and O–H groups in total. The van der Waals surface area contributed by atoms with Gasteiger partial charge in [-0.2, -0.15) is 0 Å². The molecule has 0 aromatic heterocycles. The van der Waals surface area contributed by atoms with Gasteiger partial charge in [-0.1, -0.05) is 57.7 Å². The van der Waals surface area contributed by atoms with E-state index in [2.05, 4.69) is 13.8 Å². The van der Waals surface area contributed by atoms with Crippen molar-refractivity contribution in [2.75, 3.05) is 5.75 Å². The molecule has 6 heteroatoms. The summed E-state index contributed by atoms with van der Waals surface area (Å²) in [4.78, 5) is 0. The first-order chi connectivity index (χ1) is 11.4. The van der Waals surface area contributed by atoms with E-state index in [-0.39, 0.29) is 29.6 Å². The molecular formula is C19H31NaO4S. The molecule has 0 radical (unpaired) electrons. The second kappa shape index (κ2) is 13.2. The van der Waals surface area contributed by atoms with Crippen LogP contribution in [0.1, 0.15) is 70.4 Å². The molecule has 0 bridgehead atoms. The van der Waals surface area contributed by atoms with Crippen LogP contribution in [0.25, 0.3) is 0 Å². The van der Waals surface area contributed by atoms with Gasteiger partial charge in [0.05, 0.1) is 15.9 Å². The van der Waals surface area contributed by atoms with Gasteiger partial charge in [-0.3, -0.25) is 0 Å². The second-order valence-electron chi connectivity index (χ2n) is 6.47. The molecular weight excluding hydrogens is 347 g/mol. The van der Waals surface area contributed by atoms with Crippen molar-refractivity contribution in [2.24, 2.45) is 0 Å². The average Bonchev–Trinajstić information content (AvgIpc) is 2.48. The predicted molar refractivity (Wildman–Crippen MR) is 97.6 cm³/mol. The van der Waals surface area contributed by atoms with Crippen LogP contribution in [-0.2, 0) is 23.0 Å². The quantitative estimate of drug-likeness (QED) is 0.314. The van der Waals surface area contributed by atoms with Gasteiger partial charge in [0.2, 0.25) is 0 Å². The van der Waals surface area contributed by atoms with Crippen LogP contribution in [-0.4, -0.2) is 24.8 Å². The fourth-order valence-corrected chi connectivity index (χ4v) is 3.48. The summed E-state index contributed by atoms with van der Waals surface area (Å²) in [7, 11) is -4.29. The van der Waals surface area contributed by atoms with Crippen LogP contribution < -0.4 is 34.3 Å². The first kappa shape index (κ1) is 24.9. The molecule has 0 aliphatic heterocycles. The van der Waals surface area contributed by atoms with E-state index in [9.17, 15) is 13.0 Å². The summed E-state index contributed by atoms with van der Waals surface area (Å²) in [5.74, 6) is 0.297. The smallest absolute Gasteiger partial charge is 0.748 e. The summed E-state index contributed by atoms with van der Waals surface area (Å²) in [5, 5.41) is 0. The third kappa shape index (κ3) is 10.6. The molecule has 0 saturated heterocycles. The Balaban J connectivity index is 0.00000576. The largest absolute Gasteiger partial charge is 1.00 e. The normalized spacial score (nSPS) is 12.5. The van der Waals surface area contributed by atoms with Crippen LogP contribution in [0, 0.1) is 0 Å². The molecule has 1 aromatic carbocycles. The third-order valence-electron chi connectivity index (χ3n) is 4.04. The number of benzene rings is 1. The number of aryl methyl sites for hydroxylation is 2. The topological polar surface area (TPSA) is 66.4 Å². The molecule has 1 aromatic rings. The Morgan fingerprint density at radius 3 is 1.88 bits per heavy atom. The number of rotatable bonds is 12. The molecule has 1 rings (SSSR count). The van der Waals surface area contributed by atoms with E-state index in [0.717, 1.165) is 68.2 Å². The van der Waals surface area contributed by atoms with Crippen molar-refractivity contribution in [2.45, 2.75) is 78.2 Å². The maximum atomic E-state index is 11.0. The van der Waals surface area contributed by atoms with E-state index >= 15 is 0 Å². The number of hydrogen-bond donors (Lipinski definition) is 0. The minimum Gasteiger partial charge on any atom is -0.748 e. The van der Waals surface area contributed by atoms with Gasteiger partial charge < -0.3 is 9.29 Å². The zero-order valence-corrected chi connectivity index (χ0v) is 19.0. The minimum absolute atomic E-state index is 0. The molecule has 0 amide bonds. The van der Waals surface area contributed by atoms with Gasteiger partial charge in [-0.15, -0.1) is 0 Å². The Hall–Kier alpha value is -0.0700. The number of hydrogen-bond acceptors (Lipinski definition) is 4. The van der Waals surface area contributed by atoms with Gasteiger partial charge in [0.25, 0.3) is 0 Å². The zero-order chi connectivity index (χ0) is 18.0. The van der Waals surface area contributed by atoms with Crippen molar-refractivity contribution < 1.29 is 47.3 Å². The van der Waals surface area contributed by atoms with Crippen molar-refractivity contribution in [3.63, 3.8) is 0 Å². The molecule has 138 valence electrons. The van der Waals surface area contributed by atoms with Gasteiger partial charge in [0, 0.05) is 0 Å². The monoisotopic (exact) mass is 378 g/mol. The zero-order valence-electron chi connectivity index (χ0n) is 16.2. The number of ether oxygens (including phenoxy) is 1. The Morgan fingerprint density at radius 1 is 1.00 bits per heavy atom. The molecule has 1 unspecified atom stereocenters. The number of unbranched alkanes of at least 4 members (excludes halogenated alkanes) is 4. The first-order valence-electron chi connectivity index (χ1n) is 9.08. The van der Waals surface area contributed by atoms with Crippen molar-refractivity contribution in [3.8, 4) is 5.75 Å². The summed E-state index contributed by atoms with van der Waals surface area (Å²) >= 11 is 0. The maximum absolute atomic E-state index is 11.0. The van der Waals surface area contributed by atoms with E-state index < -0.39 is 22.0 Å². The number of para-hydroxylation sites is 1. The van der Waals surface area contributed by atoms with Gasteiger partial charge >= 0.3 is 29.6 Å². The molecule has 1 atom stereocenters. The first-order valence-corrected chi connectivity index (χ1v) is 10.7. The van der Waals surface area contributed by atoms with E-state index in [1.165, 1.54) is 0 Å². The SMILES string of the molecule is CCCCCc1cccc(CCCCC)c1OC(C)CS(=O)(=O)[O-].[Na+]. The standard InChI is InChI=1S/C19H32O4S.Na/c1-4-6-8-11-17-13-10-14-18(12-9-7-5-2)19(17)23-16(3)15-24(20,21)22;/h10,13-14,16H,4-9,11-12,15H2,1-3H3,(H,20,21,22);/q;+1/p-1. The summed E-state index contributed by atoms with van der Waals surface area (Å²) in [6.45, 7) is 5.98. The Morgan fingerprint density at radius 2 is 1.48 bits per heavy atom. The van der Waals surface area contributed by atoms with Crippen LogP contribution in [0.5, 0.6) is 5.75 Å². The van der Waals surface area contributed by atoms with Gasteiger partial charge in [-0.25, -0.2) is 8.42 Å². The Kier molecular flexibility index (Phi) is 13.1.